The summed E-state index contributed by atoms with van der Waals surface area (Å²) in [5.41, 5.74) is 9.39. The Morgan fingerprint density at radius 1 is 1.25 bits per heavy atom. The van der Waals surface area contributed by atoms with Gasteiger partial charge in [0.15, 0.2) is 0 Å². The van der Waals surface area contributed by atoms with Gasteiger partial charge in [0.25, 0.3) is 0 Å². The molecule has 12 heavy (non-hydrogen) atoms. The minimum absolute atomic E-state index is 0.908. The van der Waals surface area contributed by atoms with Crippen molar-refractivity contribution in [2.75, 3.05) is 5.73 Å². The Morgan fingerprint density at radius 3 is 3.08 bits per heavy atom. The standard InChI is InChI=1S/C11H13N/c12-11-8-4-6-9-5-2-1-3-7-10(9)11/h3-4,6-8H,1-2,5,12H2. The molecule has 1 nitrogen and oxygen atoms in total. The molecule has 1 aliphatic carbocycles. The highest BCUT2D eigenvalue weighted by molar-refractivity contribution is 5.68. The van der Waals surface area contributed by atoms with E-state index in [1.54, 1.807) is 0 Å². The molecule has 0 bridgehead atoms. The van der Waals surface area contributed by atoms with Crippen LogP contribution >= 0.6 is 0 Å². The van der Waals surface area contributed by atoms with E-state index < -0.39 is 0 Å². The van der Waals surface area contributed by atoms with Crippen molar-refractivity contribution in [2.45, 2.75) is 19.3 Å². The average Bonchev–Trinajstić information content (AvgIpc) is 2.30. The minimum atomic E-state index is 0.908. The summed E-state index contributed by atoms with van der Waals surface area (Å²) in [6.07, 6.45) is 7.94. The number of nitrogens with two attached hydrogens (primary N) is 1. The van der Waals surface area contributed by atoms with Crippen LogP contribution in [-0.4, -0.2) is 0 Å². The Kier molecular flexibility index (Phi) is 1.86. The van der Waals surface area contributed by atoms with E-state index in [9.17, 15) is 0 Å². The van der Waals surface area contributed by atoms with Gasteiger partial charge in [-0.1, -0.05) is 24.3 Å². The topological polar surface area (TPSA) is 26.0 Å². The van der Waals surface area contributed by atoms with Gasteiger partial charge in [0, 0.05) is 11.3 Å². The highest BCUT2D eigenvalue weighted by Gasteiger charge is 2.04. The van der Waals surface area contributed by atoms with E-state index in [-0.39, 0.29) is 0 Å². The Balaban J connectivity index is 2.53. The van der Waals surface area contributed by atoms with Crippen LogP contribution in [0.3, 0.4) is 0 Å². The van der Waals surface area contributed by atoms with Crippen molar-refractivity contribution in [2.24, 2.45) is 0 Å². The number of benzene rings is 1. The number of allylic oxidation sites excluding steroid dienone is 1. The molecule has 0 amide bonds. The third kappa shape index (κ3) is 1.22. The van der Waals surface area contributed by atoms with Crippen LogP contribution in [0.4, 0.5) is 5.69 Å². The summed E-state index contributed by atoms with van der Waals surface area (Å²) in [5, 5.41) is 0. The number of nitrogen functional groups attached to an aromatic ring is 1. The second-order valence-electron chi connectivity index (χ2n) is 3.21. The van der Waals surface area contributed by atoms with Gasteiger partial charge in [-0.3, -0.25) is 0 Å². The van der Waals surface area contributed by atoms with Crippen LogP contribution < -0.4 is 5.73 Å². The lowest BCUT2D eigenvalue weighted by molar-refractivity contribution is 0.852. The molecule has 1 heteroatoms. The van der Waals surface area contributed by atoms with Gasteiger partial charge < -0.3 is 5.73 Å². The summed E-state index contributed by atoms with van der Waals surface area (Å²) in [7, 11) is 0. The second-order valence-corrected chi connectivity index (χ2v) is 3.21. The molecule has 0 saturated heterocycles. The Morgan fingerprint density at radius 2 is 2.17 bits per heavy atom. The highest BCUT2D eigenvalue weighted by atomic mass is 14.6. The monoisotopic (exact) mass is 159 g/mol. The zero-order valence-corrected chi connectivity index (χ0v) is 7.09. The molecule has 0 aliphatic heterocycles. The Bertz CT molecular complexity index is 313. The summed E-state index contributed by atoms with van der Waals surface area (Å²) in [4.78, 5) is 0. The fraction of sp³-hybridized carbons (Fsp3) is 0.273. The van der Waals surface area contributed by atoms with Gasteiger partial charge >= 0.3 is 0 Å². The van der Waals surface area contributed by atoms with Crippen LogP contribution in [0.5, 0.6) is 0 Å². The van der Waals surface area contributed by atoms with Crippen LogP contribution in [-0.2, 0) is 6.42 Å². The lowest BCUT2D eigenvalue weighted by Crippen LogP contribution is -1.93. The number of hydrogen-bond donors (Lipinski definition) is 1. The fourth-order valence-electron chi connectivity index (χ4n) is 1.67. The van der Waals surface area contributed by atoms with Crippen molar-refractivity contribution in [3.05, 3.63) is 35.4 Å². The summed E-state index contributed by atoms with van der Waals surface area (Å²) in [6.45, 7) is 0. The van der Waals surface area contributed by atoms with E-state index >= 15 is 0 Å². The largest absolute Gasteiger partial charge is 0.398 e. The minimum Gasteiger partial charge on any atom is -0.398 e. The number of anilines is 1. The molecule has 0 heterocycles. The first kappa shape index (κ1) is 7.41. The van der Waals surface area contributed by atoms with Crippen molar-refractivity contribution in [1.29, 1.82) is 0 Å². The van der Waals surface area contributed by atoms with Crippen LogP contribution in [0, 0.1) is 0 Å². The first-order valence-electron chi connectivity index (χ1n) is 4.42. The number of hydrogen-bond acceptors (Lipinski definition) is 1. The number of aryl methyl sites for hydroxylation is 1. The smallest absolute Gasteiger partial charge is 0.0390 e. The summed E-state index contributed by atoms with van der Waals surface area (Å²) in [6, 6.07) is 6.17. The quantitative estimate of drug-likeness (QED) is 0.578. The lowest BCUT2D eigenvalue weighted by Gasteiger charge is -2.05. The lowest BCUT2D eigenvalue weighted by atomic mass is 10.0. The molecule has 0 saturated carbocycles. The SMILES string of the molecule is Nc1cccc2c1C=CCCC2. The van der Waals surface area contributed by atoms with E-state index in [4.69, 9.17) is 5.73 Å². The van der Waals surface area contributed by atoms with E-state index in [2.05, 4.69) is 18.2 Å². The Labute approximate surface area is 72.9 Å². The van der Waals surface area contributed by atoms with Crippen LogP contribution in [0.15, 0.2) is 24.3 Å². The molecule has 0 unspecified atom stereocenters. The normalized spacial score (nSPS) is 15.3. The molecule has 0 aromatic heterocycles. The van der Waals surface area contributed by atoms with Gasteiger partial charge in [-0.15, -0.1) is 0 Å². The predicted octanol–water partition coefficient (Wildman–Crippen LogP) is 2.62. The van der Waals surface area contributed by atoms with Gasteiger partial charge in [-0.2, -0.15) is 0 Å². The molecule has 0 radical (unpaired) electrons. The molecule has 62 valence electrons. The molecule has 0 fully saturated rings. The van der Waals surface area contributed by atoms with Crippen molar-refractivity contribution >= 4 is 11.8 Å². The van der Waals surface area contributed by atoms with Gasteiger partial charge in [-0.25, -0.2) is 0 Å². The maximum absolute atomic E-state index is 5.86. The van der Waals surface area contributed by atoms with Crippen LogP contribution in [0.2, 0.25) is 0 Å². The van der Waals surface area contributed by atoms with Gasteiger partial charge in [-0.05, 0) is 30.9 Å². The Hall–Kier alpha value is -1.24. The summed E-state index contributed by atoms with van der Waals surface area (Å²) >= 11 is 0. The van der Waals surface area contributed by atoms with Crippen molar-refractivity contribution in [1.82, 2.24) is 0 Å². The molecular weight excluding hydrogens is 146 g/mol. The van der Waals surface area contributed by atoms with E-state index in [0.29, 0.717) is 0 Å². The molecule has 2 rings (SSSR count). The van der Waals surface area contributed by atoms with Crippen molar-refractivity contribution in [3.63, 3.8) is 0 Å². The van der Waals surface area contributed by atoms with Crippen molar-refractivity contribution in [3.8, 4) is 0 Å². The first-order valence-corrected chi connectivity index (χ1v) is 4.42. The third-order valence-corrected chi connectivity index (χ3v) is 2.33. The van der Waals surface area contributed by atoms with E-state index in [1.807, 2.05) is 12.1 Å². The molecular formula is C11H13N. The second kappa shape index (κ2) is 3.02. The molecule has 1 aliphatic rings. The number of rotatable bonds is 0. The van der Waals surface area contributed by atoms with Gasteiger partial charge in [0.2, 0.25) is 0 Å². The van der Waals surface area contributed by atoms with Crippen LogP contribution in [0.1, 0.15) is 24.0 Å². The van der Waals surface area contributed by atoms with Crippen LogP contribution in [0.25, 0.3) is 6.08 Å². The van der Waals surface area contributed by atoms with Crippen molar-refractivity contribution < 1.29 is 0 Å². The highest BCUT2D eigenvalue weighted by Crippen LogP contribution is 2.23. The molecule has 1 aromatic carbocycles. The molecule has 0 atom stereocenters. The van der Waals surface area contributed by atoms with Gasteiger partial charge in [0.1, 0.15) is 0 Å². The van der Waals surface area contributed by atoms with E-state index in [1.165, 1.54) is 24.0 Å². The van der Waals surface area contributed by atoms with E-state index in [0.717, 1.165) is 12.1 Å². The molecule has 1 aromatic rings. The zero-order valence-electron chi connectivity index (χ0n) is 7.09. The summed E-state index contributed by atoms with van der Waals surface area (Å²) < 4.78 is 0. The van der Waals surface area contributed by atoms with Gasteiger partial charge in [0.05, 0.1) is 0 Å². The maximum atomic E-state index is 5.86. The third-order valence-electron chi connectivity index (χ3n) is 2.33. The molecule has 2 N–H and O–H groups in total. The first-order chi connectivity index (χ1) is 5.88. The molecule has 0 spiro atoms. The fourth-order valence-corrected chi connectivity index (χ4v) is 1.67. The zero-order chi connectivity index (χ0) is 8.39. The average molecular weight is 159 g/mol. The number of fused-ring (bicyclic) bond motifs is 1. The maximum Gasteiger partial charge on any atom is 0.0390 e. The predicted molar refractivity (Wildman–Crippen MR) is 52.8 cm³/mol. The summed E-state index contributed by atoms with van der Waals surface area (Å²) in [5.74, 6) is 0.